The lowest BCUT2D eigenvalue weighted by Gasteiger charge is -2.22. The molecule has 3 unspecified atom stereocenters. The average Bonchev–Trinajstić information content (AvgIpc) is 3.53. The molecule has 9 heteroatoms. The first kappa shape index (κ1) is 21.7. The minimum absolute atomic E-state index is 0.00704. The summed E-state index contributed by atoms with van der Waals surface area (Å²) in [6, 6.07) is 5.73. The Hall–Kier alpha value is -3.85. The summed E-state index contributed by atoms with van der Waals surface area (Å²) < 4.78 is 7.71. The number of anilines is 2. The summed E-state index contributed by atoms with van der Waals surface area (Å²) in [5, 5.41) is 9.07. The largest absolute Gasteiger partial charge is 0.383 e. The molecule has 2 fully saturated rings. The number of ether oxygens (including phenoxy) is 1. The normalized spacial score (nSPS) is 21.7. The van der Waals surface area contributed by atoms with Crippen LogP contribution in [0.1, 0.15) is 49.0 Å². The highest BCUT2D eigenvalue weighted by atomic mass is 16.5. The van der Waals surface area contributed by atoms with Crippen molar-refractivity contribution in [3.63, 3.8) is 0 Å². The van der Waals surface area contributed by atoms with Crippen molar-refractivity contribution in [3.05, 3.63) is 60.3 Å². The molecule has 2 aliphatic rings. The predicted octanol–water partition coefficient (Wildman–Crippen LogP) is 4.22. The van der Waals surface area contributed by atoms with E-state index in [0.29, 0.717) is 11.6 Å². The number of nitrogen functional groups attached to an aromatic ring is 1. The van der Waals surface area contributed by atoms with Gasteiger partial charge in [0.1, 0.15) is 17.9 Å². The summed E-state index contributed by atoms with van der Waals surface area (Å²) in [7, 11) is 0. The van der Waals surface area contributed by atoms with Gasteiger partial charge < -0.3 is 15.8 Å². The van der Waals surface area contributed by atoms with Gasteiger partial charge in [-0.15, -0.1) is 0 Å². The topological polar surface area (TPSA) is 121 Å². The van der Waals surface area contributed by atoms with Crippen molar-refractivity contribution in [2.45, 2.75) is 44.8 Å². The van der Waals surface area contributed by atoms with E-state index in [-0.39, 0.29) is 24.0 Å². The maximum atomic E-state index is 13.0. The van der Waals surface area contributed by atoms with Gasteiger partial charge in [-0.25, -0.2) is 14.6 Å². The van der Waals surface area contributed by atoms with Gasteiger partial charge in [-0.05, 0) is 73.2 Å². The molecule has 3 atom stereocenters. The fraction of sp³-hybridized carbons (Fsp3) is 0.346. The molecule has 0 radical (unpaired) electrons. The Balaban J connectivity index is 1.18. The molecule has 0 bridgehead atoms. The first-order valence-electron chi connectivity index (χ1n) is 12.0. The number of nitrogens with one attached hydrogen (secondary N) is 1. The van der Waals surface area contributed by atoms with Crippen LogP contribution in [0, 0.1) is 12.8 Å². The van der Waals surface area contributed by atoms with Gasteiger partial charge in [0, 0.05) is 48.3 Å². The van der Waals surface area contributed by atoms with E-state index in [0.717, 1.165) is 65.4 Å². The van der Waals surface area contributed by atoms with Crippen LogP contribution in [0.5, 0.6) is 0 Å². The first-order chi connectivity index (χ1) is 17.1. The zero-order valence-electron chi connectivity index (χ0n) is 19.5. The summed E-state index contributed by atoms with van der Waals surface area (Å²) in [5.41, 5.74) is 10.0. The summed E-state index contributed by atoms with van der Waals surface area (Å²) >= 11 is 0. The summed E-state index contributed by atoms with van der Waals surface area (Å²) in [4.78, 5) is 26.1. The van der Waals surface area contributed by atoms with E-state index in [1.807, 2.05) is 42.2 Å². The van der Waals surface area contributed by atoms with Crippen LogP contribution in [0.4, 0.5) is 11.6 Å². The molecule has 4 aromatic rings. The molecule has 4 aromatic heterocycles. The molecule has 0 spiro atoms. The lowest BCUT2D eigenvalue weighted by atomic mass is 10.1. The maximum absolute atomic E-state index is 13.0. The van der Waals surface area contributed by atoms with Crippen molar-refractivity contribution >= 4 is 28.3 Å². The number of nitrogens with zero attached hydrogens (tertiary/aromatic N) is 5. The number of carbonyl (C=O) groups is 1. The van der Waals surface area contributed by atoms with Crippen molar-refractivity contribution in [2.24, 2.45) is 5.92 Å². The van der Waals surface area contributed by atoms with E-state index in [1.54, 1.807) is 18.6 Å². The van der Waals surface area contributed by atoms with Gasteiger partial charge in [-0.2, -0.15) is 5.10 Å². The second-order valence-corrected chi connectivity index (χ2v) is 9.39. The molecule has 35 heavy (non-hydrogen) atoms. The molecule has 0 aromatic carbocycles. The number of aryl methyl sites for hydroxylation is 1. The van der Waals surface area contributed by atoms with E-state index in [2.05, 4.69) is 25.4 Å². The number of hydrogen-bond acceptors (Lipinski definition) is 7. The molecule has 1 saturated heterocycles. The number of fused-ring (bicyclic) bond motifs is 1. The molecule has 178 valence electrons. The SMILES string of the molecule is Cc1ccncc1-c1cc2cc(NC(=O)C3CC3c3cnn(C4CCCCO4)c3)ncc2c(N)n1. The Morgan fingerprint density at radius 2 is 2.14 bits per heavy atom. The Morgan fingerprint density at radius 1 is 1.23 bits per heavy atom. The van der Waals surface area contributed by atoms with E-state index in [1.165, 1.54) is 0 Å². The van der Waals surface area contributed by atoms with E-state index in [9.17, 15) is 4.79 Å². The monoisotopic (exact) mass is 469 g/mol. The third kappa shape index (κ3) is 4.23. The third-order valence-electron chi connectivity index (χ3n) is 6.94. The quantitative estimate of drug-likeness (QED) is 0.449. The zero-order valence-corrected chi connectivity index (χ0v) is 19.5. The molecule has 6 rings (SSSR count). The zero-order chi connectivity index (χ0) is 23.9. The average molecular weight is 470 g/mol. The minimum atomic E-state index is -0.0893. The summed E-state index contributed by atoms with van der Waals surface area (Å²) in [6.45, 7) is 2.79. The predicted molar refractivity (Wildman–Crippen MR) is 132 cm³/mol. The lowest BCUT2D eigenvalue weighted by molar-refractivity contribution is -0.117. The van der Waals surface area contributed by atoms with Crippen molar-refractivity contribution in [1.82, 2.24) is 24.7 Å². The number of pyridine rings is 3. The molecule has 1 aliphatic carbocycles. The van der Waals surface area contributed by atoms with Crippen LogP contribution in [-0.4, -0.2) is 37.2 Å². The molecule has 9 nitrogen and oxygen atoms in total. The number of rotatable bonds is 5. The molecule has 5 heterocycles. The van der Waals surface area contributed by atoms with E-state index in [4.69, 9.17) is 10.5 Å². The van der Waals surface area contributed by atoms with Gasteiger partial charge in [0.2, 0.25) is 5.91 Å². The van der Waals surface area contributed by atoms with E-state index < -0.39 is 0 Å². The van der Waals surface area contributed by atoms with Crippen LogP contribution < -0.4 is 11.1 Å². The molecule has 1 aliphatic heterocycles. The second-order valence-electron chi connectivity index (χ2n) is 9.39. The number of amides is 1. The number of nitrogens with two attached hydrogens (primary N) is 1. The lowest BCUT2D eigenvalue weighted by Crippen LogP contribution is -2.18. The van der Waals surface area contributed by atoms with Gasteiger partial charge >= 0.3 is 0 Å². The van der Waals surface area contributed by atoms with Crippen LogP contribution in [0.15, 0.2) is 49.2 Å². The van der Waals surface area contributed by atoms with Crippen LogP contribution in [0.2, 0.25) is 0 Å². The molecular weight excluding hydrogens is 442 g/mol. The van der Waals surface area contributed by atoms with Gasteiger partial charge in [-0.1, -0.05) is 0 Å². The van der Waals surface area contributed by atoms with Crippen molar-refractivity contribution in [3.8, 4) is 11.3 Å². The van der Waals surface area contributed by atoms with Gasteiger partial charge in [0.15, 0.2) is 0 Å². The number of hydrogen-bond donors (Lipinski definition) is 2. The Kier molecular flexibility index (Phi) is 5.41. The molecule has 1 amide bonds. The van der Waals surface area contributed by atoms with Gasteiger partial charge in [0.05, 0.1) is 11.9 Å². The highest BCUT2D eigenvalue weighted by Crippen LogP contribution is 2.48. The Morgan fingerprint density at radius 3 is 2.97 bits per heavy atom. The summed E-state index contributed by atoms with van der Waals surface area (Å²) in [5.74, 6) is 0.946. The fourth-order valence-corrected chi connectivity index (χ4v) is 4.82. The first-order valence-corrected chi connectivity index (χ1v) is 12.0. The Labute approximate surface area is 202 Å². The van der Waals surface area contributed by atoms with Crippen molar-refractivity contribution in [2.75, 3.05) is 17.7 Å². The van der Waals surface area contributed by atoms with Crippen LogP contribution in [0.3, 0.4) is 0 Å². The fourth-order valence-electron chi connectivity index (χ4n) is 4.82. The molecular formula is C26H27N7O2. The van der Waals surface area contributed by atoms with Crippen LogP contribution in [-0.2, 0) is 9.53 Å². The van der Waals surface area contributed by atoms with Crippen LogP contribution >= 0.6 is 0 Å². The number of aromatic nitrogens is 5. The Bertz CT molecular complexity index is 1410. The minimum Gasteiger partial charge on any atom is -0.383 e. The maximum Gasteiger partial charge on any atom is 0.229 e. The van der Waals surface area contributed by atoms with Crippen molar-refractivity contribution in [1.29, 1.82) is 0 Å². The standard InChI is InChI=1S/C26H27N7O2/c1-15-5-6-28-12-20(15)22-8-16-9-23(29-13-21(16)25(27)31-22)32-26(34)19-10-18(19)17-11-30-33(14-17)24-4-2-3-7-35-24/h5-6,8-9,11-14,18-19,24H,2-4,7,10H2,1H3,(H2,27,31)(H,29,32,34). The highest BCUT2D eigenvalue weighted by Gasteiger charge is 2.45. The van der Waals surface area contributed by atoms with Gasteiger partial charge in [-0.3, -0.25) is 9.78 Å². The number of carbonyl (C=O) groups excluding carboxylic acids is 1. The molecule has 1 saturated carbocycles. The third-order valence-corrected chi connectivity index (χ3v) is 6.94. The smallest absolute Gasteiger partial charge is 0.229 e. The van der Waals surface area contributed by atoms with Gasteiger partial charge in [0.25, 0.3) is 0 Å². The highest BCUT2D eigenvalue weighted by molar-refractivity contribution is 5.98. The van der Waals surface area contributed by atoms with Crippen LogP contribution in [0.25, 0.3) is 22.0 Å². The second kappa shape index (κ2) is 8.74. The van der Waals surface area contributed by atoms with Crippen molar-refractivity contribution < 1.29 is 9.53 Å². The van der Waals surface area contributed by atoms with E-state index >= 15 is 0 Å². The summed E-state index contributed by atoms with van der Waals surface area (Å²) in [6.07, 6.45) is 13.1. The molecule has 3 N–H and O–H groups in total.